The molecule has 0 N–H and O–H groups in total. The largest absolute Gasteiger partial charge is 2.00 e. The zero-order chi connectivity index (χ0) is 24.1. The Kier molecular flexibility index (Phi) is 29.3. The van der Waals surface area contributed by atoms with E-state index in [1.807, 2.05) is 32.1 Å². The molecule has 0 amide bonds. The van der Waals surface area contributed by atoms with Crippen molar-refractivity contribution < 1.29 is 48.9 Å². The molecule has 1 saturated carbocycles. The molecule has 6 nitrogen and oxygen atoms in total. The molecule has 1 heterocycles. The topological polar surface area (TPSA) is 87.4 Å². The van der Waals surface area contributed by atoms with E-state index in [-0.39, 0.29) is 38.5 Å². The van der Waals surface area contributed by atoms with Gasteiger partial charge in [0.1, 0.15) is 0 Å². The first-order valence-electron chi connectivity index (χ1n) is 9.23. The Hall–Kier alpha value is -0.565. The maximum Gasteiger partial charge on any atom is 2.00 e. The predicted octanol–water partition coefficient (Wildman–Crippen LogP) is 4.27. The van der Waals surface area contributed by atoms with Crippen LogP contribution in [0.3, 0.4) is 0 Å². The van der Waals surface area contributed by atoms with Crippen LogP contribution in [0.1, 0.15) is 33.6 Å². The van der Waals surface area contributed by atoms with Gasteiger partial charge in [-0.05, 0) is 56.7 Å². The van der Waals surface area contributed by atoms with Gasteiger partial charge in [0.15, 0.2) is 14.6 Å². The van der Waals surface area contributed by atoms with Crippen LogP contribution in [0.4, 0.5) is 0 Å². The average Bonchev–Trinajstić information content (AvgIpc) is 3.47. The summed E-state index contributed by atoms with van der Waals surface area (Å²) in [6.45, 7) is 29.7. The molecule has 0 aromatic heterocycles. The summed E-state index contributed by atoms with van der Waals surface area (Å²) in [6.07, 6.45) is 11.5. The van der Waals surface area contributed by atoms with Gasteiger partial charge in [0.2, 0.25) is 0 Å². The van der Waals surface area contributed by atoms with Crippen LogP contribution < -0.4 is 0 Å². The van der Waals surface area contributed by atoms with Gasteiger partial charge in [0.05, 0.1) is 13.2 Å². The van der Waals surface area contributed by atoms with Crippen molar-refractivity contribution in [3.8, 4) is 11.8 Å². The predicted molar refractivity (Wildman–Crippen MR) is 113 cm³/mol. The third-order valence-electron chi connectivity index (χ3n) is 4.42. The van der Waals surface area contributed by atoms with Crippen molar-refractivity contribution in [1.82, 2.24) is 0 Å². The van der Waals surface area contributed by atoms with Crippen molar-refractivity contribution in [2.24, 2.45) is 0 Å². The van der Waals surface area contributed by atoms with Crippen LogP contribution in [-0.4, -0.2) is 33.9 Å². The maximum absolute atomic E-state index is 7.50. The molecule has 0 aromatic carbocycles. The zero-order valence-electron chi connectivity index (χ0n) is 18.9. The molecule has 169 valence electrons. The van der Waals surface area contributed by atoms with Crippen molar-refractivity contribution in [2.45, 2.75) is 64.1 Å². The summed E-state index contributed by atoms with van der Waals surface area (Å²) in [6, 6.07) is 0. The van der Waals surface area contributed by atoms with Gasteiger partial charge in [-0.3, -0.25) is 11.8 Å². The van der Waals surface area contributed by atoms with E-state index in [0.29, 0.717) is 13.2 Å². The summed E-state index contributed by atoms with van der Waals surface area (Å²) in [7, 11) is -1.79. The average molecular weight is 616 g/mol. The first-order valence-corrected chi connectivity index (χ1v) is 12.1. The molecule has 1 unspecified atom stereocenters. The fourth-order valence-electron chi connectivity index (χ4n) is 1.99. The van der Waals surface area contributed by atoms with Gasteiger partial charge in [-0.1, -0.05) is 20.8 Å². The van der Waals surface area contributed by atoms with E-state index in [4.69, 9.17) is 27.9 Å². The fraction of sp³-hybridized carbons (Fsp3) is 0.522. The number of ether oxygens (including phenoxy) is 2. The molecule has 0 bridgehead atoms. The third kappa shape index (κ3) is 19.8. The summed E-state index contributed by atoms with van der Waals surface area (Å²) < 4.78 is 39.7. The SMILES string of the molecule is [C-]#[O+].[C-]#[O+].[C-]#[O+].[CH2-]C#CC(CCC1OCCO1)O[Si](C)(C)C(C)(C)C.[CH]1[CH][CH][CH][CH]1.[W+2]. The van der Waals surface area contributed by atoms with Gasteiger partial charge in [-0.2, -0.15) is 6.92 Å². The second-order valence-corrected chi connectivity index (χ2v) is 12.2. The quantitative estimate of drug-likeness (QED) is 0.200. The molecule has 0 spiro atoms. The molecule has 31 heavy (non-hydrogen) atoms. The minimum Gasteiger partial charge on any atom is -0.421 e. The molecule has 5 radical (unpaired) electrons. The molecule has 2 aliphatic rings. The minimum absolute atomic E-state index is 0. The van der Waals surface area contributed by atoms with Crippen LogP contribution in [0.15, 0.2) is 0 Å². The van der Waals surface area contributed by atoms with Gasteiger partial charge in [-0.25, -0.2) is 0 Å². The Morgan fingerprint density at radius 2 is 1.39 bits per heavy atom. The van der Waals surface area contributed by atoms with Crippen molar-refractivity contribution in [2.75, 3.05) is 13.2 Å². The molecule has 1 aliphatic carbocycles. The standard InChI is InChI=1S/C15H27O3Si.C5H5.3CO.W/c1-7-8-13(9-10-14-16-11-12-17-14)18-19(5,6)15(2,3)4;1-2-4-5-3-1;3*1-2;/h13-14H,1,9-12H2,2-6H3;1-5H;;;;/q-1;;;;;+2. The summed E-state index contributed by atoms with van der Waals surface area (Å²) in [5, 5.41) is 0.189. The van der Waals surface area contributed by atoms with Gasteiger partial charge in [0.25, 0.3) is 0 Å². The van der Waals surface area contributed by atoms with E-state index >= 15 is 0 Å². The van der Waals surface area contributed by atoms with Crippen molar-refractivity contribution >= 4 is 8.32 Å². The zero-order valence-corrected chi connectivity index (χ0v) is 22.9. The van der Waals surface area contributed by atoms with Crippen molar-refractivity contribution in [1.29, 1.82) is 0 Å². The van der Waals surface area contributed by atoms with Crippen LogP contribution in [-0.2, 0) is 48.9 Å². The Morgan fingerprint density at radius 1 is 1.00 bits per heavy atom. The van der Waals surface area contributed by atoms with Crippen LogP contribution in [0, 0.1) is 70.8 Å². The molecule has 8 heteroatoms. The monoisotopic (exact) mass is 616 g/mol. The van der Waals surface area contributed by atoms with Gasteiger partial charge in [-0.15, -0.1) is 0 Å². The second kappa shape index (κ2) is 24.1. The smallest absolute Gasteiger partial charge is 0.421 e. The Bertz CT molecular complexity index is 496. The Labute approximate surface area is 205 Å². The summed E-state index contributed by atoms with van der Waals surface area (Å²) in [4.78, 5) is 0. The van der Waals surface area contributed by atoms with Crippen LogP contribution in [0.5, 0.6) is 0 Å². The summed E-state index contributed by atoms with van der Waals surface area (Å²) in [5.74, 6) is 5.81. The van der Waals surface area contributed by atoms with E-state index in [0.717, 1.165) is 12.8 Å². The number of hydrogen-bond donors (Lipinski definition) is 0. The maximum atomic E-state index is 7.50. The molecule has 1 saturated heterocycles. The molecule has 2 rings (SSSR count). The van der Waals surface area contributed by atoms with Crippen LogP contribution >= 0.6 is 0 Å². The molecular formula is C23H32O6SiW+. The Morgan fingerprint density at radius 3 is 1.71 bits per heavy atom. The van der Waals surface area contributed by atoms with Crippen molar-refractivity contribution in [3.05, 3.63) is 59.0 Å². The minimum atomic E-state index is -1.79. The van der Waals surface area contributed by atoms with Gasteiger partial charge in [0, 0.05) is 12.5 Å². The van der Waals surface area contributed by atoms with E-state index in [9.17, 15) is 0 Å². The molecule has 0 aromatic rings. The second-order valence-electron chi connectivity index (χ2n) is 7.40. The summed E-state index contributed by atoms with van der Waals surface area (Å²) >= 11 is 0. The van der Waals surface area contributed by atoms with E-state index in [1.165, 1.54) is 0 Å². The van der Waals surface area contributed by atoms with Crippen LogP contribution in [0.2, 0.25) is 18.1 Å². The molecular weight excluding hydrogens is 584 g/mol. The summed E-state index contributed by atoms with van der Waals surface area (Å²) in [5.41, 5.74) is 0. The fourth-order valence-corrected chi connectivity index (χ4v) is 3.23. The van der Waals surface area contributed by atoms with Gasteiger partial charge >= 0.3 is 55.0 Å². The van der Waals surface area contributed by atoms with E-state index in [1.54, 1.807) is 0 Å². The van der Waals surface area contributed by atoms with Crippen LogP contribution in [0.25, 0.3) is 0 Å². The number of rotatable bonds is 5. The molecule has 1 atom stereocenters. The van der Waals surface area contributed by atoms with E-state index < -0.39 is 8.32 Å². The van der Waals surface area contributed by atoms with Gasteiger partial charge < -0.3 is 13.9 Å². The number of hydrogen-bond acceptors (Lipinski definition) is 3. The Balaban J connectivity index is -0.000000254. The third-order valence-corrected chi connectivity index (χ3v) is 8.90. The first-order chi connectivity index (χ1) is 14.3. The normalized spacial score (nSPS) is 15.7. The van der Waals surface area contributed by atoms with Crippen molar-refractivity contribution in [3.63, 3.8) is 0 Å². The molecule has 1 aliphatic heterocycles. The molecule has 2 fully saturated rings. The van der Waals surface area contributed by atoms with E-state index in [2.05, 4.69) is 72.6 Å². The first kappa shape index (κ1) is 37.7.